The van der Waals surface area contributed by atoms with E-state index in [9.17, 15) is 4.79 Å². The zero-order chi connectivity index (χ0) is 18.7. The van der Waals surface area contributed by atoms with Crippen LogP contribution in [0, 0.1) is 13.8 Å². The first-order chi connectivity index (χ1) is 12.5. The number of hydrogen-bond donors (Lipinski definition) is 0. The molecule has 1 saturated heterocycles. The Labute approximate surface area is 156 Å². The number of rotatable bonds is 6. The second-order valence-corrected chi connectivity index (χ2v) is 7.30. The molecule has 6 nitrogen and oxygen atoms in total. The van der Waals surface area contributed by atoms with E-state index in [0.29, 0.717) is 5.69 Å². The van der Waals surface area contributed by atoms with Gasteiger partial charge in [0.25, 0.3) is 5.91 Å². The molecule has 0 N–H and O–H groups in total. The van der Waals surface area contributed by atoms with Crippen LogP contribution in [0.4, 0.5) is 0 Å². The molecule has 0 spiro atoms. The molecule has 3 heterocycles. The van der Waals surface area contributed by atoms with E-state index >= 15 is 0 Å². The van der Waals surface area contributed by atoms with E-state index in [1.165, 1.54) is 11.4 Å². The molecule has 0 aliphatic carbocycles. The van der Waals surface area contributed by atoms with Crippen molar-refractivity contribution in [2.45, 2.75) is 40.2 Å². The number of amides is 1. The molecule has 0 unspecified atom stereocenters. The summed E-state index contributed by atoms with van der Waals surface area (Å²) in [5.74, 6) is 0.110. The summed E-state index contributed by atoms with van der Waals surface area (Å²) in [4.78, 5) is 17.2. The van der Waals surface area contributed by atoms with E-state index in [-0.39, 0.29) is 5.91 Å². The van der Waals surface area contributed by atoms with Crippen LogP contribution >= 0.6 is 0 Å². The van der Waals surface area contributed by atoms with E-state index in [0.717, 1.165) is 57.8 Å². The molecule has 2 aromatic heterocycles. The first-order valence-electron chi connectivity index (χ1n) is 9.67. The predicted molar refractivity (Wildman–Crippen MR) is 103 cm³/mol. The quantitative estimate of drug-likeness (QED) is 0.797. The predicted octanol–water partition coefficient (Wildman–Crippen LogP) is 2.25. The van der Waals surface area contributed by atoms with E-state index < -0.39 is 0 Å². The Balaban J connectivity index is 1.52. The van der Waals surface area contributed by atoms with Gasteiger partial charge in [0.2, 0.25) is 0 Å². The Kier molecular flexibility index (Phi) is 5.81. The first kappa shape index (κ1) is 18.7. The van der Waals surface area contributed by atoms with Gasteiger partial charge in [-0.2, -0.15) is 5.10 Å². The highest BCUT2D eigenvalue weighted by molar-refractivity contribution is 5.92. The van der Waals surface area contributed by atoms with Crippen LogP contribution in [0.25, 0.3) is 0 Å². The normalized spacial score (nSPS) is 15.6. The van der Waals surface area contributed by atoms with E-state index in [1.54, 1.807) is 4.68 Å². The number of carbonyl (C=O) groups is 1. The largest absolute Gasteiger partial charge is 0.348 e. The zero-order valence-electron chi connectivity index (χ0n) is 16.5. The topological polar surface area (TPSA) is 46.3 Å². The van der Waals surface area contributed by atoms with Crippen LogP contribution in [0.15, 0.2) is 18.2 Å². The highest BCUT2D eigenvalue weighted by Crippen LogP contribution is 2.12. The minimum atomic E-state index is 0.110. The van der Waals surface area contributed by atoms with Crippen LogP contribution in [0.5, 0.6) is 0 Å². The molecule has 2 aromatic rings. The Morgan fingerprint density at radius 1 is 1.08 bits per heavy atom. The molecule has 3 rings (SSSR count). The van der Waals surface area contributed by atoms with Gasteiger partial charge in [0.1, 0.15) is 5.69 Å². The molecule has 1 fully saturated rings. The van der Waals surface area contributed by atoms with Crippen molar-refractivity contribution in [3.63, 3.8) is 0 Å². The minimum Gasteiger partial charge on any atom is -0.348 e. The highest BCUT2D eigenvalue weighted by atomic mass is 16.2. The molecule has 6 heteroatoms. The van der Waals surface area contributed by atoms with Crippen LogP contribution in [0.1, 0.15) is 40.9 Å². The van der Waals surface area contributed by atoms with Gasteiger partial charge < -0.3 is 9.47 Å². The van der Waals surface area contributed by atoms with Crippen LogP contribution in [0.3, 0.4) is 0 Å². The average molecular weight is 358 g/mol. The van der Waals surface area contributed by atoms with Crippen molar-refractivity contribution >= 4 is 5.91 Å². The van der Waals surface area contributed by atoms with E-state index in [2.05, 4.69) is 47.5 Å². The molecule has 0 radical (unpaired) electrons. The fraction of sp³-hybridized carbons (Fsp3) is 0.600. The van der Waals surface area contributed by atoms with Gasteiger partial charge in [0.15, 0.2) is 0 Å². The van der Waals surface area contributed by atoms with Crippen molar-refractivity contribution in [2.75, 3.05) is 32.7 Å². The molecular weight excluding hydrogens is 326 g/mol. The maximum atomic E-state index is 12.8. The van der Waals surface area contributed by atoms with Gasteiger partial charge in [-0.15, -0.1) is 0 Å². The summed E-state index contributed by atoms with van der Waals surface area (Å²) in [5, 5.41) is 4.46. The second kappa shape index (κ2) is 8.08. The molecule has 0 atom stereocenters. The van der Waals surface area contributed by atoms with Gasteiger partial charge in [0, 0.05) is 57.7 Å². The Hall–Kier alpha value is -2.08. The molecule has 142 valence electrons. The molecule has 0 saturated carbocycles. The van der Waals surface area contributed by atoms with Crippen LogP contribution in [-0.2, 0) is 20.0 Å². The molecule has 1 amide bonds. The molecule has 0 aromatic carbocycles. The maximum absolute atomic E-state index is 12.8. The lowest BCUT2D eigenvalue weighted by Crippen LogP contribution is -2.49. The summed E-state index contributed by atoms with van der Waals surface area (Å²) in [7, 11) is 1.87. The van der Waals surface area contributed by atoms with Crippen LogP contribution < -0.4 is 0 Å². The van der Waals surface area contributed by atoms with Gasteiger partial charge in [-0.05, 0) is 38.5 Å². The number of aryl methyl sites for hydroxylation is 4. The lowest BCUT2D eigenvalue weighted by atomic mass is 10.2. The number of hydrogen-bond acceptors (Lipinski definition) is 3. The number of nitrogens with zero attached hydrogens (tertiary/aromatic N) is 5. The summed E-state index contributed by atoms with van der Waals surface area (Å²) >= 11 is 0. The third-order valence-electron chi connectivity index (χ3n) is 5.37. The Morgan fingerprint density at radius 3 is 2.35 bits per heavy atom. The Morgan fingerprint density at radius 2 is 1.73 bits per heavy atom. The summed E-state index contributed by atoms with van der Waals surface area (Å²) < 4.78 is 4.10. The SMILES string of the molecule is CCCc1cc(C(=O)N2CCN(CCn3c(C)ccc3C)CC2)n(C)n1. The van der Waals surface area contributed by atoms with Crippen molar-refractivity contribution in [3.8, 4) is 0 Å². The van der Waals surface area contributed by atoms with Crippen molar-refractivity contribution < 1.29 is 4.79 Å². The molecule has 1 aliphatic heterocycles. The second-order valence-electron chi connectivity index (χ2n) is 7.30. The summed E-state index contributed by atoms with van der Waals surface area (Å²) in [6, 6.07) is 6.30. The smallest absolute Gasteiger partial charge is 0.272 e. The maximum Gasteiger partial charge on any atom is 0.272 e. The molecule has 26 heavy (non-hydrogen) atoms. The van der Waals surface area contributed by atoms with Gasteiger partial charge in [-0.3, -0.25) is 14.4 Å². The van der Waals surface area contributed by atoms with Crippen molar-refractivity contribution in [1.29, 1.82) is 0 Å². The van der Waals surface area contributed by atoms with E-state index in [1.807, 2.05) is 18.0 Å². The van der Waals surface area contributed by atoms with Crippen molar-refractivity contribution in [1.82, 2.24) is 24.1 Å². The van der Waals surface area contributed by atoms with Gasteiger partial charge in [-0.25, -0.2) is 0 Å². The highest BCUT2D eigenvalue weighted by Gasteiger charge is 2.24. The molecule has 0 bridgehead atoms. The number of aromatic nitrogens is 3. The van der Waals surface area contributed by atoms with Crippen LogP contribution in [-0.4, -0.2) is 62.8 Å². The lowest BCUT2D eigenvalue weighted by molar-refractivity contribution is 0.0622. The molecule has 1 aliphatic rings. The summed E-state index contributed by atoms with van der Waals surface area (Å²) in [6.07, 6.45) is 1.97. The first-order valence-corrected chi connectivity index (χ1v) is 9.67. The third kappa shape index (κ3) is 4.01. The van der Waals surface area contributed by atoms with Gasteiger partial charge in [-0.1, -0.05) is 13.3 Å². The van der Waals surface area contributed by atoms with E-state index in [4.69, 9.17) is 0 Å². The fourth-order valence-electron chi connectivity index (χ4n) is 3.74. The van der Waals surface area contributed by atoms with Crippen LogP contribution in [0.2, 0.25) is 0 Å². The average Bonchev–Trinajstić information content (AvgIpc) is 3.15. The van der Waals surface area contributed by atoms with Gasteiger partial charge >= 0.3 is 0 Å². The standard InChI is InChI=1S/C20H31N5O/c1-5-6-18-15-19(22(4)21-18)20(26)24-12-9-23(10-13-24)11-14-25-16(2)7-8-17(25)3/h7-8,15H,5-6,9-14H2,1-4H3. The lowest BCUT2D eigenvalue weighted by Gasteiger charge is -2.34. The number of carbonyl (C=O) groups excluding carboxylic acids is 1. The minimum absolute atomic E-state index is 0.110. The fourth-order valence-corrected chi connectivity index (χ4v) is 3.74. The Bertz CT molecular complexity index is 733. The van der Waals surface area contributed by atoms with Crippen molar-refractivity contribution in [3.05, 3.63) is 41.0 Å². The summed E-state index contributed by atoms with van der Waals surface area (Å²) in [5.41, 5.74) is 4.35. The third-order valence-corrected chi connectivity index (χ3v) is 5.37. The van der Waals surface area contributed by atoms with Crippen molar-refractivity contribution in [2.24, 2.45) is 7.05 Å². The zero-order valence-corrected chi connectivity index (χ0v) is 16.5. The molecular formula is C20H31N5O. The monoisotopic (exact) mass is 357 g/mol. The van der Waals surface area contributed by atoms with Gasteiger partial charge in [0.05, 0.1) is 5.69 Å². The summed E-state index contributed by atoms with van der Waals surface area (Å²) in [6.45, 7) is 11.9. The number of piperazine rings is 1.